The highest BCUT2D eigenvalue weighted by Crippen LogP contribution is 2.52. The summed E-state index contributed by atoms with van der Waals surface area (Å²) in [4.78, 5) is 12.9. The van der Waals surface area contributed by atoms with E-state index in [-0.39, 0.29) is 31.0 Å². The van der Waals surface area contributed by atoms with E-state index >= 15 is 0 Å². The Bertz CT molecular complexity index is 1020. The van der Waals surface area contributed by atoms with Crippen molar-refractivity contribution in [1.82, 2.24) is 0 Å². The van der Waals surface area contributed by atoms with Crippen LogP contribution in [0, 0.1) is 17.3 Å². The van der Waals surface area contributed by atoms with Gasteiger partial charge in [-0.2, -0.15) is 39.5 Å². The predicted octanol–water partition coefficient (Wildman–Crippen LogP) is 8.75. The van der Waals surface area contributed by atoms with Crippen LogP contribution in [0.2, 0.25) is 50.4 Å². The molecule has 0 aromatic carbocycles. The van der Waals surface area contributed by atoms with Crippen molar-refractivity contribution in [1.29, 1.82) is 0 Å². The van der Waals surface area contributed by atoms with Crippen LogP contribution in [0.4, 0.5) is 39.5 Å². The molecule has 1 saturated carbocycles. The van der Waals surface area contributed by atoms with Gasteiger partial charge in [0.1, 0.15) is 0 Å². The monoisotopic (exact) mass is 720 g/mol. The van der Waals surface area contributed by atoms with Crippen molar-refractivity contribution in [2.75, 3.05) is 6.61 Å². The molecule has 1 heterocycles. The lowest BCUT2D eigenvalue weighted by atomic mass is 9.78. The van der Waals surface area contributed by atoms with Gasteiger partial charge in [-0.05, 0) is 88.4 Å². The van der Waals surface area contributed by atoms with Gasteiger partial charge in [0.15, 0.2) is 0 Å². The molecule has 0 aromatic rings. The molecule has 1 aliphatic heterocycles. The smallest absolute Gasteiger partial charge is 0.389 e. The summed E-state index contributed by atoms with van der Waals surface area (Å²) in [6, 6.07) is -2.04. The summed E-state index contributed by atoms with van der Waals surface area (Å²) in [5.74, 6) is -0.00727. The van der Waals surface area contributed by atoms with Crippen molar-refractivity contribution in [2.24, 2.45) is 17.3 Å². The van der Waals surface area contributed by atoms with Crippen molar-refractivity contribution in [3.05, 3.63) is 12.2 Å². The fourth-order valence-electron chi connectivity index (χ4n) is 6.48. The van der Waals surface area contributed by atoms with E-state index < -0.39 is 95.6 Å². The summed E-state index contributed by atoms with van der Waals surface area (Å²) < 4.78 is 150. The van der Waals surface area contributed by atoms with Gasteiger partial charge in [-0.25, -0.2) is 0 Å². The molecule has 3 rings (SSSR count). The van der Waals surface area contributed by atoms with E-state index in [0.717, 1.165) is 6.42 Å². The molecule has 256 valence electrons. The van der Waals surface area contributed by atoms with Crippen LogP contribution in [0.15, 0.2) is 12.2 Å². The van der Waals surface area contributed by atoms with E-state index in [9.17, 15) is 44.3 Å². The zero-order valence-electron chi connectivity index (χ0n) is 25.4. The summed E-state index contributed by atoms with van der Waals surface area (Å²) in [6.07, 6.45) is -12.2. The summed E-state index contributed by atoms with van der Waals surface area (Å²) >= 11 is 0. The second-order valence-corrected chi connectivity index (χ2v) is 27.5. The summed E-state index contributed by atoms with van der Waals surface area (Å²) in [6.45, 7) is 7.08. The fourth-order valence-corrected chi connectivity index (χ4v) is 29.5. The molecule has 0 radical (unpaired) electrons. The number of fused-ring (bicyclic) bond motifs is 2. The minimum atomic E-state index is -4.66. The number of esters is 1. The minimum absolute atomic E-state index is 0.0275. The molecule has 2 fully saturated rings. The molecule has 2 bridgehead atoms. The maximum absolute atomic E-state index is 13.3. The van der Waals surface area contributed by atoms with Crippen LogP contribution in [0.25, 0.3) is 0 Å². The van der Waals surface area contributed by atoms with Crippen molar-refractivity contribution in [3.8, 4) is 0 Å². The van der Waals surface area contributed by atoms with E-state index in [1.54, 1.807) is 0 Å². The minimum Gasteiger partial charge on any atom is -0.465 e. The van der Waals surface area contributed by atoms with Crippen LogP contribution in [0.1, 0.15) is 45.4 Å². The number of hydrogen-bond donors (Lipinski definition) is 0. The van der Waals surface area contributed by atoms with Gasteiger partial charge in [0.25, 0.3) is 0 Å². The van der Waals surface area contributed by atoms with E-state index in [0.29, 0.717) is 12.3 Å². The first kappa shape index (κ1) is 37.7. The second kappa shape index (κ2) is 13.1. The van der Waals surface area contributed by atoms with Crippen LogP contribution in [0.5, 0.6) is 0 Å². The molecule has 1 saturated heterocycles. The average Bonchev–Trinajstić information content (AvgIpc) is 3.42. The van der Waals surface area contributed by atoms with Crippen molar-refractivity contribution in [2.45, 2.75) is 114 Å². The van der Waals surface area contributed by atoms with Gasteiger partial charge in [-0.1, -0.05) is 12.2 Å². The van der Waals surface area contributed by atoms with Crippen LogP contribution in [-0.4, -0.2) is 65.3 Å². The number of alkyl halides is 9. The number of carbonyl (C=O) groups is 1. The lowest BCUT2D eigenvalue weighted by Gasteiger charge is -2.50. The molecule has 0 spiro atoms. The Hall–Kier alpha value is -0.712. The number of halogens is 9. The highest BCUT2D eigenvalue weighted by molar-refractivity contribution is 6.93. The maximum atomic E-state index is 13.3. The Labute approximate surface area is 256 Å². The van der Waals surface area contributed by atoms with E-state index in [1.165, 1.54) is 26.2 Å². The van der Waals surface area contributed by atoms with Crippen LogP contribution in [0.3, 0.4) is 0 Å². The lowest BCUT2D eigenvalue weighted by molar-refractivity contribution is -0.156. The molecule has 5 atom stereocenters. The van der Waals surface area contributed by atoms with E-state index in [2.05, 4.69) is 6.08 Å². The first-order valence-corrected chi connectivity index (χ1v) is 24.7. The fraction of sp³-hybridized carbons (Fsp3) is 0.880. The quantitative estimate of drug-likeness (QED) is 0.0700. The molecule has 6 nitrogen and oxygen atoms in total. The van der Waals surface area contributed by atoms with Crippen LogP contribution >= 0.6 is 0 Å². The lowest BCUT2D eigenvalue weighted by Crippen LogP contribution is -2.67. The molecule has 2 aliphatic carbocycles. The highest BCUT2D eigenvalue weighted by Gasteiger charge is 2.58. The topological polar surface area (TPSA) is 63.2 Å². The number of rotatable bonds is 11. The number of hydrogen-bond acceptors (Lipinski definition) is 6. The molecular weight excluding hydrogens is 680 g/mol. The first-order chi connectivity index (χ1) is 19.8. The van der Waals surface area contributed by atoms with Gasteiger partial charge < -0.3 is 21.2 Å². The number of allylic oxidation sites excluding steroid dienone is 2. The zero-order chi connectivity index (χ0) is 33.5. The number of ether oxygens (including phenoxy) is 1. The van der Waals surface area contributed by atoms with Gasteiger partial charge in [0.05, 0.1) is 12.0 Å². The second-order valence-electron chi connectivity index (χ2n) is 13.1. The van der Waals surface area contributed by atoms with Crippen molar-refractivity contribution >= 4 is 40.2 Å². The van der Waals surface area contributed by atoms with Crippen molar-refractivity contribution in [3.63, 3.8) is 0 Å². The molecular formula is C25H41F9O6Si4. The molecule has 5 unspecified atom stereocenters. The van der Waals surface area contributed by atoms with Gasteiger partial charge in [-0.3, -0.25) is 4.79 Å². The Balaban J connectivity index is 1.83. The molecule has 0 amide bonds. The van der Waals surface area contributed by atoms with Gasteiger partial charge in [-0.15, -0.1) is 0 Å². The molecule has 0 N–H and O–H groups in total. The Kier molecular flexibility index (Phi) is 11.2. The van der Waals surface area contributed by atoms with Gasteiger partial charge >= 0.3 is 58.7 Å². The third-order valence-corrected chi connectivity index (χ3v) is 27.0. The largest absolute Gasteiger partial charge is 0.465 e. The van der Waals surface area contributed by atoms with Crippen LogP contribution in [-0.2, 0) is 26.0 Å². The zero-order valence-corrected chi connectivity index (χ0v) is 29.4. The molecule has 0 aromatic heterocycles. The normalized spacial score (nSPS) is 38.0. The first-order valence-electron chi connectivity index (χ1n) is 14.6. The highest BCUT2D eigenvalue weighted by atomic mass is 28.5. The summed E-state index contributed by atoms with van der Waals surface area (Å²) in [5, 5.41) is 0. The summed E-state index contributed by atoms with van der Waals surface area (Å²) in [5.41, 5.74) is -0.673. The third-order valence-electron chi connectivity index (χ3n) is 8.47. The molecule has 19 heteroatoms. The van der Waals surface area contributed by atoms with Crippen molar-refractivity contribution < 1.29 is 65.5 Å². The predicted molar refractivity (Wildman–Crippen MR) is 151 cm³/mol. The molecule has 44 heavy (non-hydrogen) atoms. The van der Waals surface area contributed by atoms with E-state index in [4.69, 9.17) is 21.2 Å². The Morgan fingerprint density at radius 2 is 1.11 bits per heavy atom. The third kappa shape index (κ3) is 10.9. The van der Waals surface area contributed by atoms with Crippen LogP contribution < -0.4 is 0 Å². The number of carbonyl (C=O) groups excluding carboxylic acids is 1. The Morgan fingerprint density at radius 1 is 0.727 bits per heavy atom. The Morgan fingerprint density at radius 3 is 1.43 bits per heavy atom. The maximum Gasteiger partial charge on any atom is 0.389 e. The average molecular weight is 721 g/mol. The van der Waals surface area contributed by atoms with Gasteiger partial charge in [0.2, 0.25) is 0 Å². The summed E-state index contributed by atoms with van der Waals surface area (Å²) in [7, 11) is -15.7. The van der Waals surface area contributed by atoms with E-state index in [1.807, 2.05) is 13.0 Å². The van der Waals surface area contributed by atoms with Gasteiger partial charge in [0, 0.05) is 19.3 Å². The standard InChI is InChI=1S/C25H41F9O6Si4/c1-22(18-19-7-8-20(22)17-19)21(35)36-12-6-13-41(2)37-42(3,14-9-23(26,27)28)39-44(5,16-11-25(32,33)34)40-43(4,38-41)15-10-24(29,30)31/h7-8,19-20H,6,9-18H2,1-5H3. The molecule has 3 aliphatic rings. The SMILES string of the molecule is CC1(C(=O)OCCC[Si]2(C)O[Si](C)(CCC(F)(F)F)O[Si](C)(CCC(F)(F)F)O[Si](C)(CCC(F)(F)F)O2)CC2C=CC1C2.